The number of imidazole rings is 1. The number of ether oxygens (including phenoxy) is 1. The summed E-state index contributed by atoms with van der Waals surface area (Å²) >= 11 is 1.66. The summed E-state index contributed by atoms with van der Waals surface area (Å²) in [6.07, 6.45) is 4.08. The Bertz CT molecular complexity index is 800. The van der Waals surface area contributed by atoms with Crippen molar-refractivity contribution in [2.45, 2.75) is 38.8 Å². The minimum absolute atomic E-state index is 0.0638. The summed E-state index contributed by atoms with van der Waals surface area (Å²) in [6, 6.07) is 0. The van der Waals surface area contributed by atoms with Crippen molar-refractivity contribution in [1.82, 2.24) is 29.5 Å². The van der Waals surface area contributed by atoms with Gasteiger partial charge in [0.2, 0.25) is 0 Å². The van der Waals surface area contributed by atoms with Gasteiger partial charge in [0.15, 0.2) is 16.6 Å². The molecule has 0 aliphatic carbocycles. The first-order chi connectivity index (χ1) is 11.5. The van der Waals surface area contributed by atoms with Crippen LogP contribution in [0.4, 0.5) is 0 Å². The van der Waals surface area contributed by atoms with E-state index in [4.69, 9.17) is 4.74 Å². The Balaban J connectivity index is 1.45. The quantitative estimate of drug-likeness (QED) is 0.788. The molecule has 128 valence electrons. The van der Waals surface area contributed by atoms with E-state index in [9.17, 15) is 0 Å². The summed E-state index contributed by atoms with van der Waals surface area (Å²) < 4.78 is 7.98. The highest BCUT2D eigenvalue weighted by Crippen LogP contribution is 2.24. The standard InChI is InChI=1S/C16H22N6OS/c1-16(2,3)14-18-13(19-20-14)12-10-21(4-6-23-12)8-11-9-22-5-7-24-15(22)17-11/h5,7,9,12H,4,6,8,10H2,1-3H3,(H,18,19,20)/t12-/m0/s1. The van der Waals surface area contributed by atoms with Crippen LogP contribution in [0.3, 0.4) is 0 Å². The van der Waals surface area contributed by atoms with Crippen LogP contribution in [0.5, 0.6) is 0 Å². The third-order valence-electron chi connectivity index (χ3n) is 4.16. The van der Waals surface area contributed by atoms with Gasteiger partial charge in [-0.15, -0.1) is 11.3 Å². The van der Waals surface area contributed by atoms with Gasteiger partial charge in [0, 0.05) is 42.8 Å². The van der Waals surface area contributed by atoms with E-state index in [0.717, 1.165) is 41.9 Å². The van der Waals surface area contributed by atoms with Crippen molar-refractivity contribution >= 4 is 16.3 Å². The largest absolute Gasteiger partial charge is 0.368 e. The Hall–Kier alpha value is -1.77. The molecule has 0 aromatic carbocycles. The molecule has 3 aromatic rings. The van der Waals surface area contributed by atoms with Crippen molar-refractivity contribution in [1.29, 1.82) is 0 Å². The molecule has 0 radical (unpaired) electrons. The second kappa shape index (κ2) is 5.94. The van der Waals surface area contributed by atoms with Gasteiger partial charge in [0.05, 0.1) is 12.3 Å². The van der Waals surface area contributed by atoms with Gasteiger partial charge in [0.25, 0.3) is 0 Å². The minimum Gasteiger partial charge on any atom is -0.368 e. The smallest absolute Gasteiger partial charge is 0.193 e. The molecule has 24 heavy (non-hydrogen) atoms. The van der Waals surface area contributed by atoms with Crippen LogP contribution < -0.4 is 0 Å². The van der Waals surface area contributed by atoms with Crippen LogP contribution in [0.2, 0.25) is 0 Å². The maximum absolute atomic E-state index is 5.90. The van der Waals surface area contributed by atoms with Crippen LogP contribution in [0, 0.1) is 0 Å². The Morgan fingerprint density at radius 2 is 2.25 bits per heavy atom. The number of nitrogens with one attached hydrogen (secondary N) is 1. The Kier molecular flexibility index (Phi) is 3.90. The molecule has 8 heteroatoms. The van der Waals surface area contributed by atoms with Crippen molar-refractivity contribution in [2.75, 3.05) is 19.7 Å². The third-order valence-corrected chi connectivity index (χ3v) is 4.93. The van der Waals surface area contributed by atoms with E-state index in [1.807, 2.05) is 11.6 Å². The average Bonchev–Trinajstić information content (AvgIpc) is 3.22. The molecule has 1 saturated heterocycles. The summed E-state index contributed by atoms with van der Waals surface area (Å²) in [7, 11) is 0. The van der Waals surface area contributed by atoms with Crippen molar-refractivity contribution < 1.29 is 4.74 Å². The number of H-pyrrole nitrogens is 1. The Labute approximate surface area is 144 Å². The average molecular weight is 346 g/mol. The van der Waals surface area contributed by atoms with Gasteiger partial charge in [-0.2, -0.15) is 5.10 Å². The van der Waals surface area contributed by atoms with Crippen LogP contribution in [0.15, 0.2) is 17.8 Å². The highest BCUT2D eigenvalue weighted by molar-refractivity contribution is 7.15. The fraction of sp³-hybridized carbons (Fsp3) is 0.562. The maximum Gasteiger partial charge on any atom is 0.193 e. The molecule has 4 heterocycles. The molecule has 0 unspecified atom stereocenters. The van der Waals surface area contributed by atoms with Crippen LogP contribution in [-0.4, -0.2) is 49.2 Å². The zero-order valence-electron chi connectivity index (χ0n) is 14.2. The number of fused-ring (bicyclic) bond motifs is 1. The van der Waals surface area contributed by atoms with Crippen LogP contribution in [-0.2, 0) is 16.7 Å². The molecule has 1 N–H and O–H groups in total. The first kappa shape index (κ1) is 15.7. The first-order valence-electron chi connectivity index (χ1n) is 8.17. The molecular formula is C16H22N6OS. The summed E-state index contributed by atoms with van der Waals surface area (Å²) in [5, 5.41) is 9.45. The van der Waals surface area contributed by atoms with E-state index < -0.39 is 0 Å². The van der Waals surface area contributed by atoms with Gasteiger partial charge in [-0.1, -0.05) is 20.8 Å². The van der Waals surface area contributed by atoms with Crippen LogP contribution >= 0.6 is 11.3 Å². The van der Waals surface area contributed by atoms with E-state index >= 15 is 0 Å². The van der Waals surface area contributed by atoms with E-state index in [1.165, 1.54) is 0 Å². The lowest BCUT2D eigenvalue weighted by atomic mass is 9.96. The predicted octanol–water partition coefficient (Wildman–Crippen LogP) is 2.38. The monoisotopic (exact) mass is 346 g/mol. The summed E-state index contributed by atoms with van der Waals surface area (Å²) in [6.45, 7) is 9.55. The molecule has 1 atom stereocenters. The molecule has 0 amide bonds. The van der Waals surface area contributed by atoms with Gasteiger partial charge in [-0.25, -0.2) is 9.97 Å². The van der Waals surface area contributed by atoms with Crippen LogP contribution in [0.1, 0.15) is 44.2 Å². The van der Waals surface area contributed by atoms with Crippen molar-refractivity contribution in [3.8, 4) is 0 Å². The van der Waals surface area contributed by atoms with Crippen molar-refractivity contribution in [3.63, 3.8) is 0 Å². The van der Waals surface area contributed by atoms with E-state index in [1.54, 1.807) is 11.3 Å². The molecule has 1 aliphatic rings. The molecular weight excluding hydrogens is 324 g/mol. The SMILES string of the molecule is CC(C)(C)c1n[nH]c([C@@H]2CN(Cc3cn4ccsc4n3)CCO2)n1. The van der Waals surface area contributed by atoms with Crippen molar-refractivity contribution in [3.05, 3.63) is 35.1 Å². The highest BCUT2D eigenvalue weighted by Gasteiger charge is 2.27. The third kappa shape index (κ3) is 3.09. The molecule has 1 fully saturated rings. The van der Waals surface area contributed by atoms with Gasteiger partial charge in [-0.05, 0) is 0 Å². The summed E-state index contributed by atoms with van der Waals surface area (Å²) in [4.78, 5) is 12.7. The maximum atomic E-state index is 5.90. The number of aromatic nitrogens is 5. The molecule has 0 saturated carbocycles. The second-order valence-electron chi connectivity index (χ2n) is 7.21. The number of morpholine rings is 1. The number of rotatable bonds is 3. The summed E-state index contributed by atoms with van der Waals surface area (Å²) in [5.74, 6) is 1.64. The van der Waals surface area contributed by atoms with Crippen LogP contribution in [0.25, 0.3) is 4.96 Å². The van der Waals surface area contributed by atoms with Gasteiger partial charge < -0.3 is 4.74 Å². The fourth-order valence-electron chi connectivity index (χ4n) is 2.85. The van der Waals surface area contributed by atoms with Crippen molar-refractivity contribution in [2.24, 2.45) is 0 Å². The lowest BCUT2D eigenvalue weighted by Crippen LogP contribution is -2.38. The zero-order valence-corrected chi connectivity index (χ0v) is 15.0. The number of aromatic amines is 1. The molecule has 0 bridgehead atoms. The molecule has 7 nitrogen and oxygen atoms in total. The lowest BCUT2D eigenvalue weighted by molar-refractivity contribution is -0.0374. The molecule has 0 spiro atoms. The number of nitrogens with zero attached hydrogens (tertiary/aromatic N) is 5. The second-order valence-corrected chi connectivity index (χ2v) is 8.09. The van der Waals surface area contributed by atoms with Gasteiger partial charge in [0.1, 0.15) is 6.10 Å². The lowest BCUT2D eigenvalue weighted by Gasteiger charge is -2.31. The molecule has 1 aliphatic heterocycles. The van der Waals surface area contributed by atoms with E-state index in [-0.39, 0.29) is 11.5 Å². The first-order valence-corrected chi connectivity index (χ1v) is 9.05. The predicted molar refractivity (Wildman–Crippen MR) is 92.1 cm³/mol. The van der Waals surface area contributed by atoms with Gasteiger partial charge in [-0.3, -0.25) is 14.4 Å². The Morgan fingerprint density at radius 3 is 3.00 bits per heavy atom. The zero-order chi connectivity index (χ0) is 16.7. The topological polar surface area (TPSA) is 71.3 Å². The van der Waals surface area contributed by atoms with E-state index in [0.29, 0.717) is 6.61 Å². The molecule has 3 aromatic heterocycles. The molecule has 4 rings (SSSR count). The van der Waals surface area contributed by atoms with E-state index in [2.05, 4.69) is 56.4 Å². The Morgan fingerprint density at radius 1 is 1.38 bits per heavy atom. The fourth-order valence-corrected chi connectivity index (χ4v) is 3.57. The summed E-state index contributed by atoms with van der Waals surface area (Å²) in [5.41, 5.74) is 1.03. The number of hydrogen-bond acceptors (Lipinski definition) is 6. The normalized spacial score (nSPS) is 20.0. The number of thiazole rings is 1. The minimum atomic E-state index is -0.0642. The number of hydrogen-bond donors (Lipinski definition) is 1. The highest BCUT2D eigenvalue weighted by atomic mass is 32.1. The van der Waals surface area contributed by atoms with Gasteiger partial charge >= 0.3 is 0 Å².